The van der Waals surface area contributed by atoms with E-state index in [-0.39, 0.29) is 17.7 Å². The van der Waals surface area contributed by atoms with E-state index < -0.39 is 5.97 Å². The topological polar surface area (TPSA) is 66.4 Å². The van der Waals surface area contributed by atoms with Crippen molar-refractivity contribution in [1.29, 1.82) is 0 Å². The van der Waals surface area contributed by atoms with E-state index >= 15 is 0 Å². The molecule has 0 bridgehead atoms. The highest BCUT2D eigenvalue weighted by Crippen LogP contribution is 2.47. The Kier molecular flexibility index (Phi) is 4.27. The average Bonchev–Trinajstić information content (AvgIpc) is 3.29. The van der Waals surface area contributed by atoms with Crippen LogP contribution in [0.5, 0.6) is 0 Å². The molecule has 2 atom stereocenters. The van der Waals surface area contributed by atoms with Crippen molar-refractivity contribution in [3.63, 3.8) is 0 Å². The zero-order valence-electron chi connectivity index (χ0n) is 12.5. The zero-order chi connectivity index (χ0) is 15.5. The Morgan fingerprint density at radius 2 is 1.95 bits per heavy atom. The van der Waals surface area contributed by atoms with Gasteiger partial charge in [0.1, 0.15) is 0 Å². The van der Waals surface area contributed by atoms with Crippen LogP contribution in [0.25, 0.3) is 0 Å². The van der Waals surface area contributed by atoms with Crippen LogP contribution in [0.3, 0.4) is 0 Å². The number of carboxylic acid groups (broad SMARTS) is 1. The van der Waals surface area contributed by atoms with Gasteiger partial charge in [0.05, 0.1) is 5.92 Å². The van der Waals surface area contributed by atoms with Gasteiger partial charge in [-0.05, 0) is 55.7 Å². The third kappa shape index (κ3) is 3.56. The van der Waals surface area contributed by atoms with Crippen molar-refractivity contribution >= 4 is 17.6 Å². The van der Waals surface area contributed by atoms with Gasteiger partial charge in [0.25, 0.3) is 0 Å². The summed E-state index contributed by atoms with van der Waals surface area (Å²) in [5.41, 5.74) is 3.06. The summed E-state index contributed by atoms with van der Waals surface area (Å²) in [5, 5.41) is 11.9. The zero-order valence-corrected chi connectivity index (χ0v) is 12.5. The van der Waals surface area contributed by atoms with Gasteiger partial charge in [-0.3, -0.25) is 9.59 Å². The van der Waals surface area contributed by atoms with Crippen molar-refractivity contribution < 1.29 is 14.7 Å². The molecule has 22 heavy (non-hydrogen) atoms. The van der Waals surface area contributed by atoms with Gasteiger partial charge in [-0.25, -0.2) is 0 Å². The maximum absolute atomic E-state index is 12.0. The number of benzene rings is 1. The number of carbonyl (C=O) groups excluding carboxylic acids is 1. The van der Waals surface area contributed by atoms with Crippen LogP contribution in [-0.2, 0) is 9.59 Å². The van der Waals surface area contributed by atoms with Crippen LogP contribution in [0.2, 0.25) is 0 Å². The molecule has 0 saturated heterocycles. The summed E-state index contributed by atoms with van der Waals surface area (Å²) < 4.78 is 0. The molecule has 1 fully saturated rings. The number of hydrogen-bond acceptors (Lipinski definition) is 2. The van der Waals surface area contributed by atoms with Gasteiger partial charge in [0.15, 0.2) is 0 Å². The number of hydrogen-bond donors (Lipinski definition) is 2. The van der Waals surface area contributed by atoms with E-state index in [0.717, 1.165) is 30.5 Å². The second-order valence-electron chi connectivity index (χ2n) is 6.24. The number of aliphatic carboxylic acids is 1. The molecule has 0 unspecified atom stereocenters. The summed E-state index contributed by atoms with van der Waals surface area (Å²) in [4.78, 5) is 22.9. The molecule has 0 heterocycles. The van der Waals surface area contributed by atoms with Crippen LogP contribution < -0.4 is 5.32 Å². The van der Waals surface area contributed by atoms with E-state index in [0.29, 0.717) is 6.42 Å². The molecule has 0 aliphatic heterocycles. The van der Waals surface area contributed by atoms with E-state index in [1.807, 2.05) is 24.3 Å². The van der Waals surface area contributed by atoms with Crippen molar-refractivity contribution in [2.45, 2.75) is 44.4 Å². The van der Waals surface area contributed by atoms with Crippen molar-refractivity contribution in [2.24, 2.45) is 5.92 Å². The fraction of sp³-hybridized carbons (Fsp3) is 0.444. The van der Waals surface area contributed by atoms with Crippen molar-refractivity contribution in [2.75, 3.05) is 5.32 Å². The molecule has 2 aliphatic carbocycles. The maximum atomic E-state index is 12.0. The fourth-order valence-corrected chi connectivity index (χ4v) is 3.13. The lowest BCUT2D eigenvalue weighted by molar-refractivity contribution is -0.138. The molecular weight excluding hydrogens is 278 g/mol. The fourth-order valence-electron chi connectivity index (χ4n) is 3.13. The molecule has 2 aliphatic rings. The third-order valence-electron chi connectivity index (χ3n) is 4.50. The van der Waals surface area contributed by atoms with Crippen LogP contribution >= 0.6 is 0 Å². The van der Waals surface area contributed by atoms with E-state index in [4.69, 9.17) is 5.11 Å². The Morgan fingerprint density at radius 1 is 1.18 bits per heavy atom. The van der Waals surface area contributed by atoms with Crippen LogP contribution in [0, 0.1) is 5.92 Å². The maximum Gasteiger partial charge on any atom is 0.307 e. The summed E-state index contributed by atoms with van der Waals surface area (Å²) in [6.07, 6.45) is 7.91. The predicted octanol–water partition coefficient (Wildman–Crippen LogP) is 3.70. The van der Waals surface area contributed by atoms with Gasteiger partial charge >= 0.3 is 5.97 Å². The monoisotopic (exact) mass is 299 g/mol. The van der Waals surface area contributed by atoms with Crippen molar-refractivity contribution in [1.82, 2.24) is 0 Å². The number of allylic oxidation sites excluding steroid dienone is 1. The summed E-state index contributed by atoms with van der Waals surface area (Å²) in [6, 6.07) is 7.56. The van der Waals surface area contributed by atoms with E-state index in [1.165, 1.54) is 18.4 Å². The molecule has 1 aromatic rings. The van der Waals surface area contributed by atoms with Gasteiger partial charge < -0.3 is 10.4 Å². The first kappa shape index (κ1) is 14.8. The Morgan fingerprint density at radius 3 is 2.55 bits per heavy atom. The molecule has 0 spiro atoms. The highest BCUT2D eigenvalue weighted by atomic mass is 16.4. The molecule has 4 nitrogen and oxygen atoms in total. The van der Waals surface area contributed by atoms with E-state index in [1.54, 1.807) is 0 Å². The molecule has 0 aromatic heterocycles. The number of anilines is 1. The third-order valence-corrected chi connectivity index (χ3v) is 4.50. The van der Waals surface area contributed by atoms with E-state index in [2.05, 4.69) is 11.4 Å². The molecule has 1 aromatic carbocycles. The van der Waals surface area contributed by atoms with Crippen molar-refractivity contribution in [3.05, 3.63) is 41.5 Å². The first-order chi connectivity index (χ1) is 10.6. The first-order valence-corrected chi connectivity index (χ1v) is 7.94. The first-order valence-electron chi connectivity index (χ1n) is 7.94. The molecular formula is C18H21NO3. The minimum atomic E-state index is -0.719. The lowest BCUT2D eigenvalue weighted by Gasteiger charge is -2.12. The second kappa shape index (κ2) is 6.34. The van der Waals surface area contributed by atoms with Crippen LogP contribution in [0.1, 0.15) is 50.0 Å². The standard InChI is InChI=1S/C18H21NO3/c20-17(10-12-4-2-1-3-5-12)19-14-8-6-13(7-9-14)15-11-16(15)18(21)22/h4,6-9,15-16H,1-3,5,10-11H2,(H,19,20)(H,21,22)/t15-,16+/m0/s1. The largest absolute Gasteiger partial charge is 0.481 e. The quantitative estimate of drug-likeness (QED) is 0.815. The molecule has 116 valence electrons. The molecule has 3 rings (SSSR count). The normalized spacial score (nSPS) is 23.5. The summed E-state index contributed by atoms with van der Waals surface area (Å²) in [6.45, 7) is 0. The van der Waals surface area contributed by atoms with E-state index in [9.17, 15) is 9.59 Å². The number of carboxylic acids is 1. The van der Waals surface area contributed by atoms with Gasteiger partial charge in [0, 0.05) is 12.1 Å². The molecule has 0 radical (unpaired) electrons. The van der Waals surface area contributed by atoms with Gasteiger partial charge in [-0.15, -0.1) is 0 Å². The minimum Gasteiger partial charge on any atom is -0.481 e. The number of amides is 1. The number of carbonyl (C=O) groups is 2. The summed E-state index contributed by atoms with van der Waals surface area (Å²) in [5.74, 6) is -0.799. The second-order valence-corrected chi connectivity index (χ2v) is 6.24. The van der Waals surface area contributed by atoms with Gasteiger partial charge in [-0.1, -0.05) is 23.8 Å². The van der Waals surface area contributed by atoms with Crippen LogP contribution in [0.15, 0.2) is 35.9 Å². The predicted molar refractivity (Wildman–Crippen MR) is 84.7 cm³/mol. The van der Waals surface area contributed by atoms with Gasteiger partial charge in [-0.2, -0.15) is 0 Å². The average molecular weight is 299 g/mol. The molecule has 1 saturated carbocycles. The van der Waals surface area contributed by atoms with Crippen LogP contribution in [0.4, 0.5) is 5.69 Å². The Balaban J connectivity index is 1.54. The highest BCUT2D eigenvalue weighted by molar-refractivity contribution is 5.92. The van der Waals surface area contributed by atoms with Crippen molar-refractivity contribution in [3.8, 4) is 0 Å². The SMILES string of the molecule is O=C(CC1=CCCCC1)Nc1ccc([C@@H]2C[C@H]2C(=O)O)cc1. The summed E-state index contributed by atoms with van der Waals surface area (Å²) >= 11 is 0. The molecule has 2 N–H and O–H groups in total. The Labute approximate surface area is 130 Å². The Hall–Kier alpha value is -2.10. The Bertz CT molecular complexity index is 603. The molecule has 4 heteroatoms. The minimum absolute atomic E-state index is 0.0238. The smallest absolute Gasteiger partial charge is 0.307 e. The summed E-state index contributed by atoms with van der Waals surface area (Å²) in [7, 11) is 0. The lowest BCUT2D eigenvalue weighted by Crippen LogP contribution is -2.13. The highest BCUT2D eigenvalue weighted by Gasteiger charge is 2.43. The number of rotatable bonds is 5. The number of nitrogens with one attached hydrogen (secondary N) is 1. The molecule has 1 amide bonds. The lowest BCUT2D eigenvalue weighted by atomic mass is 9.97. The van der Waals surface area contributed by atoms with Gasteiger partial charge in [0.2, 0.25) is 5.91 Å². The van der Waals surface area contributed by atoms with Crippen LogP contribution in [-0.4, -0.2) is 17.0 Å².